The van der Waals surface area contributed by atoms with Crippen LogP contribution >= 0.6 is 0 Å². The summed E-state index contributed by atoms with van der Waals surface area (Å²) in [6.45, 7) is 11.7. The summed E-state index contributed by atoms with van der Waals surface area (Å²) in [5, 5.41) is 0. The normalized spacial score (nSPS) is 19.9. The number of benzene rings is 2. The number of fused-ring (bicyclic) bond motifs is 2. The minimum Gasteiger partial charge on any atom is -0.344 e. The second-order valence-corrected chi connectivity index (χ2v) is 11.7. The number of nitrogens with zero attached hydrogens (tertiary/aromatic N) is 2. The molecule has 0 amide bonds. The van der Waals surface area contributed by atoms with Crippen LogP contribution in [0.2, 0.25) is 0 Å². The molecule has 0 radical (unpaired) electrons. The summed E-state index contributed by atoms with van der Waals surface area (Å²) in [7, 11) is -2.15. The van der Waals surface area contributed by atoms with E-state index in [2.05, 4.69) is 93.6 Å². The first-order valence-electron chi connectivity index (χ1n) is 11.9. The van der Waals surface area contributed by atoms with Crippen molar-refractivity contribution >= 4 is 27.2 Å². The van der Waals surface area contributed by atoms with Gasteiger partial charge in [0.25, 0.3) is 10.1 Å². The molecule has 0 fully saturated rings. The van der Waals surface area contributed by atoms with Gasteiger partial charge in [-0.15, -0.1) is 0 Å². The van der Waals surface area contributed by atoms with Crippen molar-refractivity contribution in [1.82, 2.24) is 0 Å². The molecule has 2 aliphatic heterocycles. The fourth-order valence-corrected chi connectivity index (χ4v) is 5.91. The summed E-state index contributed by atoms with van der Waals surface area (Å²) in [5.74, 6) is 0. The summed E-state index contributed by atoms with van der Waals surface area (Å²) in [6, 6.07) is 13.4. The number of rotatable bonds is 6. The monoisotopic (exact) mass is 479 g/mol. The Morgan fingerprint density at radius 1 is 1.03 bits per heavy atom. The Morgan fingerprint density at radius 3 is 2.38 bits per heavy atom. The van der Waals surface area contributed by atoms with Gasteiger partial charge in [0.2, 0.25) is 5.69 Å². The third-order valence-corrected chi connectivity index (χ3v) is 8.19. The zero-order valence-electron chi connectivity index (χ0n) is 21.0. The molecule has 2 aromatic carbocycles. The highest BCUT2D eigenvalue weighted by atomic mass is 32.2. The van der Waals surface area contributed by atoms with Gasteiger partial charge in [-0.05, 0) is 50.1 Å². The predicted molar refractivity (Wildman–Crippen MR) is 139 cm³/mol. The van der Waals surface area contributed by atoms with Crippen LogP contribution in [0.1, 0.15) is 58.6 Å². The van der Waals surface area contributed by atoms with Gasteiger partial charge >= 0.3 is 0 Å². The maximum absolute atomic E-state index is 11.8. The van der Waals surface area contributed by atoms with E-state index < -0.39 is 15.5 Å². The average molecular weight is 480 g/mol. The Morgan fingerprint density at radius 2 is 1.74 bits per heavy atom. The molecule has 180 valence electrons. The van der Waals surface area contributed by atoms with Crippen LogP contribution in [0.25, 0.3) is 0 Å². The molecule has 0 bridgehead atoms. The Labute approximate surface area is 203 Å². The lowest BCUT2D eigenvalue weighted by molar-refractivity contribution is -0.401. The molecule has 0 atom stereocenters. The average Bonchev–Trinajstić information content (AvgIpc) is 3.11. The number of para-hydroxylation sites is 1. The zero-order valence-corrected chi connectivity index (χ0v) is 21.8. The Balaban J connectivity index is 1.76. The fraction of sp³-hybridized carbons (Fsp3) is 0.393. The summed E-state index contributed by atoms with van der Waals surface area (Å²) < 4.78 is 35.4. The van der Waals surface area contributed by atoms with Crippen molar-refractivity contribution in [3.8, 4) is 0 Å². The van der Waals surface area contributed by atoms with Gasteiger partial charge in [-0.25, -0.2) is 0 Å². The molecule has 4 rings (SSSR count). The smallest absolute Gasteiger partial charge is 0.294 e. The Hall–Kier alpha value is -2.70. The summed E-state index contributed by atoms with van der Waals surface area (Å²) in [4.78, 5) is 2.23. The van der Waals surface area contributed by atoms with Crippen molar-refractivity contribution in [3.63, 3.8) is 0 Å². The van der Waals surface area contributed by atoms with Crippen LogP contribution in [-0.4, -0.2) is 36.9 Å². The van der Waals surface area contributed by atoms with Crippen molar-refractivity contribution in [1.29, 1.82) is 0 Å². The van der Waals surface area contributed by atoms with E-state index >= 15 is 0 Å². The zero-order chi connectivity index (χ0) is 24.9. The van der Waals surface area contributed by atoms with E-state index in [1.165, 1.54) is 23.0 Å². The van der Waals surface area contributed by atoms with E-state index in [1.807, 2.05) is 6.07 Å². The lowest BCUT2D eigenvalue weighted by Gasteiger charge is -2.27. The predicted octanol–water partition coefficient (Wildman–Crippen LogP) is 5.98. The maximum Gasteiger partial charge on any atom is 0.294 e. The number of hydrogen-bond acceptors (Lipinski definition) is 3. The van der Waals surface area contributed by atoms with Gasteiger partial charge < -0.3 is 4.90 Å². The van der Waals surface area contributed by atoms with Crippen LogP contribution in [0.3, 0.4) is 0 Å². The van der Waals surface area contributed by atoms with Crippen LogP contribution in [0.5, 0.6) is 0 Å². The van der Waals surface area contributed by atoms with Crippen LogP contribution < -0.4 is 4.90 Å². The van der Waals surface area contributed by atoms with Crippen molar-refractivity contribution in [3.05, 3.63) is 77.5 Å². The van der Waals surface area contributed by atoms with Crippen LogP contribution in [-0.2, 0) is 20.9 Å². The van der Waals surface area contributed by atoms with E-state index in [0.29, 0.717) is 0 Å². The van der Waals surface area contributed by atoms with Crippen molar-refractivity contribution in [2.75, 3.05) is 18.5 Å². The molecule has 6 heteroatoms. The molecule has 2 aliphatic rings. The highest BCUT2D eigenvalue weighted by Crippen LogP contribution is 2.48. The maximum atomic E-state index is 11.8. The fourth-order valence-electron chi connectivity index (χ4n) is 5.40. The van der Waals surface area contributed by atoms with E-state index in [-0.39, 0.29) is 10.3 Å². The topological polar surface area (TPSA) is 60.6 Å². The van der Waals surface area contributed by atoms with Gasteiger partial charge in [0.05, 0.1) is 10.3 Å². The molecule has 1 N–H and O–H groups in total. The third kappa shape index (κ3) is 3.93. The van der Waals surface area contributed by atoms with Crippen molar-refractivity contribution < 1.29 is 17.5 Å². The molecule has 0 aromatic heterocycles. The lowest BCUT2D eigenvalue weighted by Crippen LogP contribution is -2.27. The third-order valence-electron chi connectivity index (χ3n) is 7.35. The van der Waals surface area contributed by atoms with Gasteiger partial charge in [-0.1, -0.05) is 51.5 Å². The van der Waals surface area contributed by atoms with Crippen molar-refractivity contribution in [2.24, 2.45) is 0 Å². The van der Waals surface area contributed by atoms with Crippen LogP contribution in [0, 0.1) is 0 Å². The minimum atomic E-state index is -4.26. The summed E-state index contributed by atoms with van der Waals surface area (Å²) in [5.41, 5.74) is 6.32. The molecule has 0 aliphatic carbocycles. The highest BCUT2D eigenvalue weighted by molar-refractivity contribution is 7.85. The quantitative estimate of drug-likeness (QED) is 0.409. The second kappa shape index (κ2) is 8.51. The summed E-state index contributed by atoms with van der Waals surface area (Å²) in [6.07, 6.45) is 8.55. The van der Waals surface area contributed by atoms with Crippen molar-refractivity contribution in [2.45, 2.75) is 63.2 Å². The molecule has 2 heterocycles. The molecule has 0 spiro atoms. The first-order valence-corrected chi connectivity index (χ1v) is 13.3. The lowest BCUT2D eigenvalue weighted by atomic mass is 9.81. The molecular weight excluding hydrogens is 444 g/mol. The first-order chi connectivity index (χ1) is 15.9. The molecule has 0 saturated heterocycles. The molecule has 0 unspecified atom stereocenters. The summed E-state index contributed by atoms with van der Waals surface area (Å²) >= 11 is 0. The number of allylic oxidation sites excluding steroid dienone is 4. The van der Waals surface area contributed by atoms with E-state index in [0.717, 1.165) is 36.3 Å². The molecule has 34 heavy (non-hydrogen) atoms. The van der Waals surface area contributed by atoms with E-state index in [9.17, 15) is 13.0 Å². The minimum absolute atomic E-state index is 0.0609. The van der Waals surface area contributed by atoms with Crippen LogP contribution in [0.4, 0.5) is 11.4 Å². The highest BCUT2D eigenvalue weighted by Gasteiger charge is 2.43. The first kappa shape index (κ1) is 24.4. The molecule has 2 aromatic rings. The Bertz CT molecular complexity index is 1330. The largest absolute Gasteiger partial charge is 0.344 e. The standard InChI is InChI=1S/C28H34N2O3S/c1-7-8-18-30-24-17-16-20(34(31,32)33)19-22(24)28(4,5)26(30)15-11-14-25-27(2,3)21-12-9-10-13-23(21)29(25)6/h9-17,19H,7-8,18H2,1-6H3/p+1. The van der Waals surface area contributed by atoms with Gasteiger partial charge in [-0.2, -0.15) is 13.0 Å². The SMILES string of the molecule is CCCCN1/C(=C/C=C/C2=[N+](C)c3ccccc3C2(C)C)C(C)(C)c2cc(S(=O)(=O)O)ccc21. The van der Waals surface area contributed by atoms with Gasteiger partial charge in [0.15, 0.2) is 5.71 Å². The van der Waals surface area contributed by atoms with E-state index in [4.69, 9.17) is 0 Å². The molecule has 0 saturated carbocycles. The second-order valence-electron chi connectivity index (χ2n) is 10.3. The van der Waals surface area contributed by atoms with Crippen LogP contribution in [0.15, 0.2) is 71.3 Å². The van der Waals surface area contributed by atoms with E-state index in [1.54, 1.807) is 6.07 Å². The molecular formula is C28H35N2O3S+. The Kier molecular flexibility index (Phi) is 6.11. The number of hydrogen-bond donors (Lipinski definition) is 1. The number of unbranched alkanes of at least 4 members (excludes halogenated alkanes) is 1. The number of anilines is 1. The van der Waals surface area contributed by atoms with Gasteiger partial charge in [0, 0.05) is 41.1 Å². The van der Waals surface area contributed by atoms with Gasteiger partial charge in [-0.3, -0.25) is 4.55 Å². The van der Waals surface area contributed by atoms with Gasteiger partial charge in [0.1, 0.15) is 7.05 Å². The molecule has 5 nitrogen and oxygen atoms in total.